The van der Waals surface area contributed by atoms with E-state index in [1.807, 2.05) is 26.8 Å². The molecule has 0 bridgehead atoms. The van der Waals surface area contributed by atoms with Crippen molar-refractivity contribution < 1.29 is 27.5 Å². The molecule has 35 heavy (non-hydrogen) atoms. The summed E-state index contributed by atoms with van der Waals surface area (Å²) in [7, 11) is -0.794. The summed E-state index contributed by atoms with van der Waals surface area (Å²) >= 11 is 0. The minimum Gasteiger partial charge on any atom is -0.497 e. The van der Waals surface area contributed by atoms with E-state index in [4.69, 9.17) is 9.47 Å². The molecule has 2 aromatic carbocycles. The Kier molecular flexibility index (Phi) is 9.94. The maximum atomic E-state index is 13.7. The number of anilines is 1. The number of methoxy groups -OCH3 is 2. The van der Waals surface area contributed by atoms with Gasteiger partial charge in [0.05, 0.1) is 26.2 Å². The average Bonchev–Trinajstić information content (AvgIpc) is 2.81. The van der Waals surface area contributed by atoms with Crippen molar-refractivity contribution in [1.29, 1.82) is 0 Å². The number of hydrogen-bond acceptors (Lipinski definition) is 6. The van der Waals surface area contributed by atoms with Crippen molar-refractivity contribution in [3.8, 4) is 11.5 Å². The number of ether oxygens (including phenoxy) is 2. The molecule has 2 aromatic rings. The standard InChI is InChI=1S/C25H35N3O6S/c1-7-23(25(30)26-18(2)3)27(16-19-10-8-12-21(14-19)33-4)24(29)17-28(35(6,31)32)20-11-9-13-22(15-20)34-5/h8-15,18,23H,7,16-17H2,1-6H3,(H,26,30)/t23-/m1/s1. The van der Waals surface area contributed by atoms with Crippen molar-refractivity contribution in [2.24, 2.45) is 0 Å². The molecule has 0 aromatic heterocycles. The zero-order valence-electron chi connectivity index (χ0n) is 21.1. The molecule has 0 spiro atoms. The smallest absolute Gasteiger partial charge is 0.244 e. The number of carbonyl (C=O) groups excluding carboxylic acids is 2. The maximum absolute atomic E-state index is 13.7. The summed E-state index contributed by atoms with van der Waals surface area (Å²) in [6.07, 6.45) is 1.39. The number of rotatable bonds is 12. The molecule has 2 amide bonds. The van der Waals surface area contributed by atoms with Gasteiger partial charge in [-0.2, -0.15) is 0 Å². The summed E-state index contributed by atoms with van der Waals surface area (Å²) in [6, 6.07) is 12.8. The first-order chi connectivity index (χ1) is 16.5. The average molecular weight is 506 g/mol. The van der Waals surface area contributed by atoms with Crippen LogP contribution in [0.1, 0.15) is 32.8 Å². The Morgan fingerprint density at radius 3 is 2.14 bits per heavy atom. The van der Waals surface area contributed by atoms with Crippen LogP contribution in [0.5, 0.6) is 11.5 Å². The molecule has 1 N–H and O–H groups in total. The van der Waals surface area contributed by atoms with Crippen LogP contribution in [-0.4, -0.2) is 64.2 Å². The Morgan fingerprint density at radius 1 is 1.00 bits per heavy atom. The van der Waals surface area contributed by atoms with E-state index in [-0.39, 0.29) is 18.5 Å². The van der Waals surface area contributed by atoms with Gasteiger partial charge in [0.25, 0.3) is 0 Å². The van der Waals surface area contributed by atoms with Crippen LogP contribution < -0.4 is 19.1 Å². The molecule has 10 heteroatoms. The van der Waals surface area contributed by atoms with E-state index in [9.17, 15) is 18.0 Å². The highest BCUT2D eigenvalue weighted by Crippen LogP contribution is 2.24. The summed E-state index contributed by atoms with van der Waals surface area (Å²) in [6.45, 7) is 5.13. The topological polar surface area (TPSA) is 105 Å². The molecule has 2 rings (SSSR count). The van der Waals surface area contributed by atoms with Crippen LogP contribution in [0.4, 0.5) is 5.69 Å². The Hall–Kier alpha value is -3.27. The molecule has 0 heterocycles. The fourth-order valence-corrected chi connectivity index (χ4v) is 4.49. The van der Waals surface area contributed by atoms with E-state index >= 15 is 0 Å². The number of benzene rings is 2. The monoisotopic (exact) mass is 505 g/mol. The van der Waals surface area contributed by atoms with Crippen molar-refractivity contribution in [3.05, 3.63) is 54.1 Å². The quantitative estimate of drug-likeness (QED) is 0.476. The van der Waals surface area contributed by atoms with Crippen LogP contribution in [0.25, 0.3) is 0 Å². The normalized spacial score (nSPS) is 12.1. The molecule has 0 saturated heterocycles. The third-order valence-electron chi connectivity index (χ3n) is 5.32. The highest BCUT2D eigenvalue weighted by atomic mass is 32.2. The van der Waals surface area contributed by atoms with Gasteiger partial charge < -0.3 is 19.7 Å². The lowest BCUT2D eigenvalue weighted by atomic mass is 10.1. The molecule has 0 unspecified atom stereocenters. The molecule has 192 valence electrons. The largest absolute Gasteiger partial charge is 0.497 e. The Bertz CT molecular complexity index is 1120. The number of sulfonamides is 1. The lowest BCUT2D eigenvalue weighted by molar-refractivity contribution is -0.140. The number of nitrogens with zero attached hydrogens (tertiary/aromatic N) is 2. The van der Waals surface area contributed by atoms with E-state index in [1.54, 1.807) is 49.6 Å². The van der Waals surface area contributed by atoms with Gasteiger partial charge in [0, 0.05) is 18.7 Å². The molecular formula is C25H35N3O6S. The molecule has 0 aliphatic heterocycles. The molecule has 9 nitrogen and oxygen atoms in total. The van der Waals surface area contributed by atoms with Crippen molar-refractivity contribution in [3.63, 3.8) is 0 Å². The first-order valence-corrected chi connectivity index (χ1v) is 13.2. The van der Waals surface area contributed by atoms with E-state index < -0.39 is 28.5 Å². The number of amides is 2. The summed E-state index contributed by atoms with van der Waals surface area (Å²) in [4.78, 5) is 28.1. The van der Waals surface area contributed by atoms with Crippen molar-refractivity contribution >= 4 is 27.5 Å². The van der Waals surface area contributed by atoms with Crippen LogP contribution in [0.3, 0.4) is 0 Å². The summed E-state index contributed by atoms with van der Waals surface area (Å²) < 4.78 is 36.9. The van der Waals surface area contributed by atoms with Gasteiger partial charge in [-0.15, -0.1) is 0 Å². The van der Waals surface area contributed by atoms with E-state index in [0.29, 0.717) is 23.6 Å². The second-order valence-corrected chi connectivity index (χ2v) is 10.3. The van der Waals surface area contributed by atoms with Crippen LogP contribution in [0.15, 0.2) is 48.5 Å². The summed E-state index contributed by atoms with van der Waals surface area (Å²) in [5.41, 5.74) is 1.04. The summed E-state index contributed by atoms with van der Waals surface area (Å²) in [5, 5.41) is 2.86. The van der Waals surface area contributed by atoms with Gasteiger partial charge in [-0.25, -0.2) is 8.42 Å². The molecule has 0 aliphatic carbocycles. The molecule has 0 radical (unpaired) electrons. The maximum Gasteiger partial charge on any atom is 0.244 e. The molecule has 0 aliphatic rings. The Morgan fingerprint density at radius 2 is 1.60 bits per heavy atom. The van der Waals surface area contributed by atoms with Gasteiger partial charge in [-0.05, 0) is 50.1 Å². The van der Waals surface area contributed by atoms with Gasteiger partial charge in [0.2, 0.25) is 21.8 Å². The fraction of sp³-hybridized carbons (Fsp3) is 0.440. The van der Waals surface area contributed by atoms with Crippen LogP contribution in [0, 0.1) is 0 Å². The molecular weight excluding hydrogens is 470 g/mol. The first-order valence-electron chi connectivity index (χ1n) is 11.3. The second-order valence-electron chi connectivity index (χ2n) is 8.43. The van der Waals surface area contributed by atoms with Crippen LogP contribution in [0.2, 0.25) is 0 Å². The van der Waals surface area contributed by atoms with Gasteiger partial charge in [0.1, 0.15) is 24.1 Å². The summed E-state index contributed by atoms with van der Waals surface area (Å²) in [5.74, 6) is 0.265. The highest BCUT2D eigenvalue weighted by molar-refractivity contribution is 7.92. The zero-order valence-corrected chi connectivity index (χ0v) is 22.0. The molecule has 0 fully saturated rings. The number of hydrogen-bond donors (Lipinski definition) is 1. The lowest BCUT2D eigenvalue weighted by Crippen LogP contribution is -2.53. The van der Waals surface area contributed by atoms with Gasteiger partial charge in [-0.1, -0.05) is 25.1 Å². The minimum absolute atomic E-state index is 0.107. The second kappa shape index (κ2) is 12.4. The lowest BCUT2D eigenvalue weighted by Gasteiger charge is -2.33. The zero-order chi connectivity index (χ0) is 26.2. The molecule has 1 atom stereocenters. The number of nitrogens with one attached hydrogen (secondary N) is 1. The van der Waals surface area contributed by atoms with Crippen molar-refractivity contribution in [1.82, 2.24) is 10.2 Å². The van der Waals surface area contributed by atoms with Gasteiger partial charge in [-0.3, -0.25) is 13.9 Å². The van der Waals surface area contributed by atoms with Gasteiger partial charge >= 0.3 is 0 Å². The fourth-order valence-electron chi connectivity index (χ4n) is 3.65. The molecule has 0 saturated carbocycles. The van der Waals surface area contributed by atoms with E-state index in [2.05, 4.69) is 5.32 Å². The van der Waals surface area contributed by atoms with Crippen LogP contribution >= 0.6 is 0 Å². The van der Waals surface area contributed by atoms with Crippen molar-refractivity contribution in [2.75, 3.05) is 31.3 Å². The minimum atomic E-state index is -3.82. The highest BCUT2D eigenvalue weighted by Gasteiger charge is 2.32. The first kappa shape index (κ1) is 28.0. The Balaban J connectivity index is 2.47. The predicted molar refractivity (Wildman–Crippen MR) is 136 cm³/mol. The Labute approximate surface area is 208 Å². The van der Waals surface area contributed by atoms with Gasteiger partial charge in [0.15, 0.2) is 0 Å². The van der Waals surface area contributed by atoms with Crippen LogP contribution in [-0.2, 0) is 26.2 Å². The predicted octanol–water partition coefficient (Wildman–Crippen LogP) is 2.80. The third-order valence-corrected chi connectivity index (χ3v) is 6.47. The van der Waals surface area contributed by atoms with Crippen molar-refractivity contribution in [2.45, 2.75) is 45.8 Å². The number of carbonyl (C=O) groups is 2. The third kappa shape index (κ3) is 7.88. The van der Waals surface area contributed by atoms with E-state index in [0.717, 1.165) is 16.1 Å². The van der Waals surface area contributed by atoms with E-state index in [1.165, 1.54) is 12.0 Å². The SMILES string of the molecule is CC[C@H](C(=O)NC(C)C)N(Cc1cccc(OC)c1)C(=O)CN(c1cccc(OC)c1)S(C)(=O)=O.